The van der Waals surface area contributed by atoms with Crippen LogP contribution >= 0.6 is 24.0 Å². The summed E-state index contributed by atoms with van der Waals surface area (Å²) in [5.41, 5.74) is 3.41. The second-order valence-corrected chi connectivity index (χ2v) is 6.62. The van der Waals surface area contributed by atoms with Crippen molar-refractivity contribution in [1.29, 1.82) is 0 Å². The van der Waals surface area contributed by atoms with E-state index in [0.717, 1.165) is 35.9 Å². The molecule has 1 heterocycles. The fourth-order valence-electron chi connectivity index (χ4n) is 2.98. The van der Waals surface area contributed by atoms with Gasteiger partial charge in [-0.05, 0) is 25.5 Å². The number of benzene rings is 2. The number of nitrogens with zero attached hydrogens (tertiary/aromatic N) is 3. The van der Waals surface area contributed by atoms with Gasteiger partial charge in [-0.3, -0.25) is 4.68 Å². The van der Waals surface area contributed by atoms with E-state index >= 15 is 0 Å². The predicted molar refractivity (Wildman–Crippen MR) is 132 cm³/mol. The van der Waals surface area contributed by atoms with Gasteiger partial charge in [0.15, 0.2) is 5.96 Å². The van der Waals surface area contributed by atoms with E-state index in [4.69, 9.17) is 9.73 Å². The van der Waals surface area contributed by atoms with Crippen LogP contribution in [-0.2, 0) is 19.6 Å². The van der Waals surface area contributed by atoms with Gasteiger partial charge in [-0.1, -0.05) is 48.5 Å². The summed E-state index contributed by atoms with van der Waals surface area (Å²) in [6.45, 7) is 7.48. The number of hydrogen-bond acceptors (Lipinski definition) is 3. The fourth-order valence-corrected chi connectivity index (χ4v) is 2.98. The zero-order valence-corrected chi connectivity index (χ0v) is 19.9. The molecule has 0 radical (unpaired) electrons. The Morgan fingerprint density at radius 3 is 2.53 bits per heavy atom. The molecule has 1 aromatic heterocycles. The van der Waals surface area contributed by atoms with Gasteiger partial charge in [-0.15, -0.1) is 24.0 Å². The Labute approximate surface area is 195 Å². The van der Waals surface area contributed by atoms with Crippen LogP contribution < -0.4 is 15.4 Å². The maximum absolute atomic E-state index is 5.70. The summed E-state index contributed by atoms with van der Waals surface area (Å²) in [6.07, 6.45) is 3.92. The van der Waals surface area contributed by atoms with E-state index in [9.17, 15) is 0 Å². The molecule has 0 atom stereocenters. The molecule has 0 unspecified atom stereocenters. The molecule has 160 valence electrons. The Hall–Kier alpha value is -2.55. The van der Waals surface area contributed by atoms with Crippen LogP contribution in [0.4, 0.5) is 0 Å². The quantitative estimate of drug-likeness (QED) is 0.253. The van der Waals surface area contributed by atoms with E-state index in [1.807, 2.05) is 60.4 Å². The van der Waals surface area contributed by atoms with Crippen molar-refractivity contribution in [3.63, 3.8) is 0 Å². The molecule has 2 aromatic carbocycles. The number of aromatic nitrogens is 2. The highest BCUT2D eigenvalue weighted by molar-refractivity contribution is 14.0. The molecule has 0 saturated heterocycles. The molecule has 30 heavy (non-hydrogen) atoms. The highest BCUT2D eigenvalue weighted by Crippen LogP contribution is 2.17. The molecular formula is C23H30IN5O. The Balaban J connectivity index is 0.00000320. The van der Waals surface area contributed by atoms with Crippen molar-refractivity contribution in [1.82, 2.24) is 20.4 Å². The minimum absolute atomic E-state index is 0. The van der Waals surface area contributed by atoms with Gasteiger partial charge in [0.25, 0.3) is 0 Å². The molecule has 2 N–H and O–H groups in total. The standard InChI is InChI=1S/C23H29N5O.HI/c1-3-24-23(26-16-21-12-8-9-13-22(21)29-4-2)25-14-20-15-27-28(18-20)17-19-10-6-5-7-11-19;/h5-13,15,18H,3-4,14,16-17H2,1-2H3,(H2,24,25,26);1H. The van der Waals surface area contributed by atoms with Gasteiger partial charge < -0.3 is 15.4 Å². The maximum Gasteiger partial charge on any atom is 0.191 e. The molecule has 0 aliphatic carbocycles. The number of hydrogen-bond donors (Lipinski definition) is 2. The van der Waals surface area contributed by atoms with Crippen molar-refractivity contribution in [2.45, 2.75) is 33.5 Å². The summed E-state index contributed by atoms with van der Waals surface area (Å²) in [5.74, 6) is 1.68. The first-order valence-electron chi connectivity index (χ1n) is 10.1. The number of rotatable bonds is 9. The Bertz CT molecular complexity index is 911. The van der Waals surface area contributed by atoms with Crippen LogP contribution in [0.25, 0.3) is 0 Å². The van der Waals surface area contributed by atoms with Crippen LogP contribution in [0, 0.1) is 0 Å². The third-order valence-corrected chi connectivity index (χ3v) is 4.36. The second kappa shape index (κ2) is 12.9. The lowest BCUT2D eigenvalue weighted by Crippen LogP contribution is -2.36. The van der Waals surface area contributed by atoms with Gasteiger partial charge in [-0.25, -0.2) is 4.99 Å². The normalized spacial score (nSPS) is 10.9. The maximum atomic E-state index is 5.70. The minimum atomic E-state index is 0. The second-order valence-electron chi connectivity index (χ2n) is 6.62. The first-order valence-corrected chi connectivity index (χ1v) is 10.1. The predicted octanol–water partition coefficient (Wildman–Crippen LogP) is 4.20. The molecule has 7 heteroatoms. The number of ether oxygens (including phenoxy) is 1. The minimum Gasteiger partial charge on any atom is -0.494 e. The molecule has 3 rings (SSSR count). The van der Waals surface area contributed by atoms with Gasteiger partial charge >= 0.3 is 0 Å². The van der Waals surface area contributed by atoms with Crippen molar-refractivity contribution in [3.8, 4) is 5.75 Å². The summed E-state index contributed by atoms with van der Waals surface area (Å²) < 4.78 is 7.64. The van der Waals surface area contributed by atoms with Gasteiger partial charge in [0.05, 0.1) is 25.9 Å². The summed E-state index contributed by atoms with van der Waals surface area (Å²) in [4.78, 5) is 4.70. The van der Waals surface area contributed by atoms with E-state index in [2.05, 4.69) is 40.9 Å². The summed E-state index contributed by atoms with van der Waals surface area (Å²) >= 11 is 0. The largest absolute Gasteiger partial charge is 0.494 e. The number of aliphatic imine (C=N–C) groups is 1. The van der Waals surface area contributed by atoms with Gasteiger partial charge in [0.2, 0.25) is 0 Å². The van der Waals surface area contributed by atoms with Crippen LogP contribution in [0.2, 0.25) is 0 Å². The molecule has 0 aliphatic rings. The lowest BCUT2D eigenvalue weighted by Gasteiger charge is -2.14. The summed E-state index contributed by atoms with van der Waals surface area (Å²) in [5, 5.41) is 11.1. The molecule has 0 fully saturated rings. The molecule has 0 aliphatic heterocycles. The highest BCUT2D eigenvalue weighted by Gasteiger charge is 2.05. The van der Waals surface area contributed by atoms with Crippen molar-refractivity contribution in [2.24, 2.45) is 4.99 Å². The molecule has 0 spiro atoms. The number of guanidine groups is 1. The highest BCUT2D eigenvalue weighted by atomic mass is 127. The first kappa shape index (κ1) is 23.7. The third kappa shape index (κ3) is 7.37. The molecule has 3 aromatic rings. The average Bonchev–Trinajstić information content (AvgIpc) is 3.19. The molecule has 0 saturated carbocycles. The van der Waals surface area contributed by atoms with E-state index < -0.39 is 0 Å². The number of nitrogens with one attached hydrogen (secondary N) is 2. The van der Waals surface area contributed by atoms with E-state index in [-0.39, 0.29) is 24.0 Å². The lowest BCUT2D eigenvalue weighted by atomic mass is 10.2. The lowest BCUT2D eigenvalue weighted by molar-refractivity contribution is 0.336. The zero-order chi connectivity index (χ0) is 20.3. The zero-order valence-electron chi connectivity index (χ0n) is 17.5. The molecular weight excluding hydrogens is 489 g/mol. The van der Waals surface area contributed by atoms with E-state index in [0.29, 0.717) is 19.7 Å². The SMILES string of the molecule is CCNC(=NCc1cnn(Cc2ccccc2)c1)NCc1ccccc1OCC.I. The van der Waals surface area contributed by atoms with E-state index in [1.54, 1.807) is 0 Å². The Morgan fingerprint density at radius 2 is 1.77 bits per heavy atom. The average molecular weight is 519 g/mol. The topological polar surface area (TPSA) is 63.5 Å². The van der Waals surface area contributed by atoms with Crippen molar-refractivity contribution in [2.75, 3.05) is 13.2 Å². The summed E-state index contributed by atoms with van der Waals surface area (Å²) in [6, 6.07) is 18.4. The monoisotopic (exact) mass is 519 g/mol. The molecule has 0 amide bonds. The smallest absolute Gasteiger partial charge is 0.191 e. The Kier molecular flexibility index (Phi) is 10.2. The fraction of sp³-hybridized carbons (Fsp3) is 0.304. The van der Waals surface area contributed by atoms with E-state index in [1.165, 1.54) is 5.56 Å². The van der Waals surface area contributed by atoms with Crippen LogP contribution in [0.15, 0.2) is 72.0 Å². The van der Waals surface area contributed by atoms with Gasteiger partial charge in [0.1, 0.15) is 5.75 Å². The number of para-hydroxylation sites is 1. The van der Waals surface area contributed by atoms with Crippen LogP contribution in [0.3, 0.4) is 0 Å². The van der Waals surface area contributed by atoms with Crippen molar-refractivity contribution >= 4 is 29.9 Å². The van der Waals surface area contributed by atoms with Crippen molar-refractivity contribution < 1.29 is 4.74 Å². The Morgan fingerprint density at radius 1 is 1.00 bits per heavy atom. The van der Waals surface area contributed by atoms with Crippen LogP contribution in [0.1, 0.15) is 30.5 Å². The van der Waals surface area contributed by atoms with Gasteiger partial charge in [0, 0.05) is 30.4 Å². The summed E-state index contributed by atoms with van der Waals surface area (Å²) in [7, 11) is 0. The number of halogens is 1. The molecule has 0 bridgehead atoms. The van der Waals surface area contributed by atoms with Crippen LogP contribution in [-0.4, -0.2) is 28.9 Å². The van der Waals surface area contributed by atoms with Crippen LogP contribution in [0.5, 0.6) is 5.75 Å². The van der Waals surface area contributed by atoms with Crippen molar-refractivity contribution in [3.05, 3.63) is 83.7 Å². The molecule has 6 nitrogen and oxygen atoms in total. The first-order chi connectivity index (χ1) is 14.3. The third-order valence-electron chi connectivity index (χ3n) is 4.36. The van der Waals surface area contributed by atoms with Gasteiger partial charge in [-0.2, -0.15) is 5.10 Å².